The molecular weight excluding hydrogens is 280 g/mol. The first kappa shape index (κ1) is 15.2. The van der Waals surface area contributed by atoms with Gasteiger partial charge in [-0.3, -0.25) is 0 Å². The second kappa shape index (κ2) is 5.81. The van der Waals surface area contributed by atoms with Gasteiger partial charge in [-0.05, 0) is 43.5 Å². The Balaban J connectivity index is 2.27. The Hall–Kier alpha value is -2.74. The molecule has 0 radical (unpaired) electrons. The van der Waals surface area contributed by atoms with Gasteiger partial charge in [0.15, 0.2) is 0 Å². The molecule has 0 saturated heterocycles. The van der Waals surface area contributed by atoms with Crippen LogP contribution >= 0.6 is 0 Å². The molecule has 0 atom stereocenters. The fraction of sp³-hybridized carbons (Fsp3) is 0.143. The van der Waals surface area contributed by atoms with Gasteiger partial charge in [-0.1, -0.05) is 59.7 Å². The molecule has 116 valence electrons. The molecule has 0 aliphatic rings. The summed E-state index contributed by atoms with van der Waals surface area (Å²) in [4.78, 5) is 0. The van der Waals surface area contributed by atoms with Crippen LogP contribution in [-0.2, 0) is 0 Å². The van der Waals surface area contributed by atoms with Crippen LogP contribution < -0.4 is 11.5 Å². The van der Waals surface area contributed by atoms with Gasteiger partial charge in [-0.2, -0.15) is 0 Å². The molecule has 3 rings (SSSR count). The molecule has 2 nitrogen and oxygen atoms in total. The van der Waals surface area contributed by atoms with E-state index in [1.165, 1.54) is 11.1 Å². The van der Waals surface area contributed by atoms with Crippen molar-refractivity contribution in [1.82, 2.24) is 0 Å². The largest absolute Gasteiger partial charge is 0.398 e. The minimum absolute atomic E-state index is 0.754. The van der Waals surface area contributed by atoms with Crippen molar-refractivity contribution in [2.24, 2.45) is 0 Å². The van der Waals surface area contributed by atoms with Gasteiger partial charge in [-0.15, -0.1) is 0 Å². The molecule has 0 unspecified atom stereocenters. The minimum Gasteiger partial charge on any atom is -0.398 e. The fourth-order valence-corrected chi connectivity index (χ4v) is 2.95. The average molecular weight is 302 g/mol. The molecule has 0 aliphatic heterocycles. The number of hydrogen-bond acceptors (Lipinski definition) is 2. The van der Waals surface area contributed by atoms with Crippen molar-refractivity contribution in [2.75, 3.05) is 11.5 Å². The lowest BCUT2D eigenvalue weighted by atomic mass is 9.92. The van der Waals surface area contributed by atoms with Gasteiger partial charge in [0.2, 0.25) is 0 Å². The summed E-state index contributed by atoms with van der Waals surface area (Å²) in [5.41, 5.74) is 21.9. The number of aryl methyl sites for hydroxylation is 2. The van der Waals surface area contributed by atoms with Gasteiger partial charge in [-0.25, -0.2) is 0 Å². The van der Waals surface area contributed by atoms with E-state index in [4.69, 9.17) is 11.5 Å². The van der Waals surface area contributed by atoms with E-state index >= 15 is 0 Å². The van der Waals surface area contributed by atoms with Crippen LogP contribution in [0.2, 0.25) is 0 Å². The quantitative estimate of drug-likeness (QED) is 0.646. The van der Waals surface area contributed by atoms with E-state index in [0.29, 0.717) is 0 Å². The summed E-state index contributed by atoms with van der Waals surface area (Å²) in [5, 5.41) is 0. The molecular formula is C21H22N2. The van der Waals surface area contributed by atoms with E-state index in [-0.39, 0.29) is 0 Å². The van der Waals surface area contributed by atoms with Gasteiger partial charge >= 0.3 is 0 Å². The second-order valence-corrected chi connectivity index (χ2v) is 6.16. The van der Waals surface area contributed by atoms with E-state index in [9.17, 15) is 0 Å². The summed E-state index contributed by atoms with van der Waals surface area (Å²) < 4.78 is 0. The predicted octanol–water partition coefficient (Wildman–Crippen LogP) is 5.11. The molecule has 0 saturated carbocycles. The third-order valence-electron chi connectivity index (χ3n) is 4.34. The van der Waals surface area contributed by atoms with Gasteiger partial charge in [0, 0.05) is 22.5 Å². The fourth-order valence-electron chi connectivity index (χ4n) is 2.95. The first-order valence-corrected chi connectivity index (χ1v) is 7.80. The molecule has 4 N–H and O–H groups in total. The van der Waals surface area contributed by atoms with Crippen molar-refractivity contribution >= 4 is 11.4 Å². The van der Waals surface area contributed by atoms with Gasteiger partial charge in [0.05, 0.1) is 0 Å². The summed E-state index contributed by atoms with van der Waals surface area (Å²) in [6.45, 7) is 6.17. The maximum Gasteiger partial charge on any atom is 0.0444 e. The van der Waals surface area contributed by atoms with Gasteiger partial charge < -0.3 is 11.5 Å². The highest BCUT2D eigenvalue weighted by Crippen LogP contribution is 2.39. The molecule has 0 aromatic heterocycles. The molecule has 3 aromatic carbocycles. The number of anilines is 2. The monoisotopic (exact) mass is 302 g/mol. The van der Waals surface area contributed by atoms with Crippen LogP contribution in [0.15, 0.2) is 54.6 Å². The molecule has 0 fully saturated rings. The highest BCUT2D eigenvalue weighted by molar-refractivity contribution is 5.91. The second-order valence-electron chi connectivity index (χ2n) is 6.16. The molecule has 0 spiro atoms. The van der Waals surface area contributed by atoms with E-state index in [0.717, 1.165) is 39.2 Å². The van der Waals surface area contributed by atoms with Crippen LogP contribution in [0.1, 0.15) is 16.7 Å². The Morgan fingerprint density at radius 2 is 1.04 bits per heavy atom. The minimum atomic E-state index is 0.754. The normalized spacial score (nSPS) is 10.7. The zero-order valence-corrected chi connectivity index (χ0v) is 13.9. The zero-order valence-electron chi connectivity index (χ0n) is 13.9. The van der Waals surface area contributed by atoms with Crippen molar-refractivity contribution in [3.05, 3.63) is 71.3 Å². The number of hydrogen-bond donors (Lipinski definition) is 2. The number of nitrogens with two attached hydrogens (primary N) is 2. The summed E-state index contributed by atoms with van der Waals surface area (Å²) in [7, 11) is 0. The van der Waals surface area contributed by atoms with E-state index in [1.54, 1.807) is 0 Å². The van der Waals surface area contributed by atoms with Crippen LogP contribution in [0.4, 0.5) is 11.4 Å². The number of nitrogen functional groups attached to an aromatic ring is 2. The maximum atomic E-state index is 6.36. The topological polar surface area (TPSA) is 52.0 Å². The molecule has 0 bridgehead atoms. The Morgan fingerprint density at radius 1 is 0.609 bits per heavy atom. The summed E-state index contributed by atoms with van der Waals surface area (Å²) in [5.74, 6) is 0. The van der Waals surface area contributed by atoms with E-state index in [1.807, 2.05) is 6.92 Å². The van der Waals surface area contributed by atoms with E-state index < -0.39 is 0 Å². The van der Waals surface area contributed by atoms with E-state index in [2.05, 4.69) is 68.4 Å². The Kier molecular flexibility index (Phi) is 3.83. The van der Waals surface area contributed by atoms with Crippen molar-refractivity contribution < 1.29 is 0 Å². The standard InChI is InChI=1S/C21H22N2/c1-13-6-4-8-16(10-13)18-12-19(21(23)15(3)20(18)22)17-9-5-7-14(2)11-17/h4-12H,22-23H2,1-3H3. The number of rotatable bonds is 2. The highest BCUT2D eigenvalue weighted by Gasteiger charge is 2.14. The van der Waals surface area contributed by atoms with Crippen LogP contribution in [0.25, 0.3) is 22.3 Å². The molecule has 0 amide bonds. The van der Waals surface area contributed by atoms with Gasteiger partial charge in [0.25, 0.3) is 0 Å². The lowest BCUT2D eigenvalue weighted by molar-refractivity contribution is 1.42. The molecule has 0 aliphatic carbocycles. The highest BCUT2D eigenvalue weighted by atomic mass is 14.6. The molecule has 23 heavy (non-hydrogen) atoms. The summed E-state index contributed by atoms with van der Waals surface area (Å²) in [6.07, 6.45) is 0. The molecule has 2 heteroatoms. The average Bonchev–Trinajstić information content (AvgIpc) is 2.53. The smallest absolute Gasteiger partial charge is 0.0444 e. The van der Waals surface area contributed by atoms with Crippen molar-refractivity contribution in [1.29, 1.82) is 0 Å². The van der Waals surface area contributed by atoms with Crippen LogP contribution in [0.3, 0.4) is 0 Å². The molecule has 3 aromatic rings. The van der Waals surface area contributed by atoms with Crippen LogP contribution in [0.5, 0.6) is 0 Å². The lowest BCUT2D eigenvalue weighted by Crippen LogP contribution is -2.01. The maximum absolute atomic E-state index is 6.36. The Morgan fingerprint density at radius 3 is 1.43 bits per heavy atom. The first-order valence-electron chi connectivity index (χ1n) is 7.80. The van der Waals surface area contributed by atoms with Crippen molar-refractivity contribution in [3.8, 4) is 22.3 Å². The Labute approximate surface area is 137 Å². The van der Waals surface area contributed by atoms with Crippen molar-refractivity contribution in [3.63, 3.8) is 0 Å². The predicted molar refractivity (Wildman–Crippen MR) is 100 cm³/mol. The van der Waals surface area contributed by atoms with Crippen molar-refractivity contribution in [2.45, 2.75) is 20.8 Å². The third-order valence-corrected chi connectivity index (χ3v) is 4.34. The number of benzene rings is 3. The lowest BCUT2D eigenvalue weighted by Gasteiger charge is -2.17. The van der Waals surface area contributed by atoms with Crippen LogP contribution in [0, 0.1) is 20.8 Å². The summed E-state index contributed by atoms with van der Waals surface area (Å²) >= 11 is 0. The first-order chi connectivity index (χ1) is 11.0. The zero-order chi connectivity index (χ0) is 16.6. The van der Waals surface area contributed by atoms with Gasteiger partial charge in [0.1, 0.15) is 0 Å². The molecule has 0 heterocycles. The third kappa shape index (κ3) is 2.80. The SMILES string of the molecule is Cc1cccc(-c2cc(-c3cccc(C)c3)c(N)c(C)c2N)c1. The summed E-state index contributed by atoms with van der Waals surface area (Å²) in [6, 6.07) is 18.9. The van der Waals surface area contributed by atoms with Crippen LogP contribution in [-0.4, -0.2) is 0 Å². The Bertz CT molecular complexity index is 809.